The first kappa shape index (κ1) is 16.6. The molecule has 0 radical (unpaired) electrons. The van der Waals surface area contributed by atoms with E-state index in [1.807, 2.05) is 0 Å². The van der Waals surface area contributed by atoms with Gasteiger partial charge in [-0.25, -0.2) is 13.1 Å². The second kappa shape index (κ2) is 6.34. The van der Waals surface area contributed by atoms with Crippen LogP contribution in [-0.2, 0) is 17.1 Å². The van der Waals surface area contributed by atoms with Crippen molar-refractivity contribution in [1.29, 1.82) is 0 Å². The van der Waals surface area contributed by atoms with Crippen LogP contribution in [0, 0.1) is 0 Å². The van der Waals surface area contributed by atoms with Gasteiger partial charge in [0, 0.05) is 23.8 Å². The predicted molar refractivity (Wildman–Crippen MR) is 86.7 cm³/mol. The molecule has 0 saturated heterocycles. The highest BCUT2D eigenvalue weighted by molar-refractivity contribution is 7.89. The number of halogens is 1. The number of hydrogen-bond donors (Lipinski definition) is 1. The molecule has 1 N–H and O–H groups in total. The zero-order valence-electron chi connectivity index (χ0n) is 12.8. The first-order valence-corrected chi connectivity index (χ1v) is 8.82. The molecule has 0 aliphatic heterocycles. The number of sulfonamides is 1. The maximum absolute atomic E-state index is 12.3. The third-order valence-electron chi connectivity index (χ3n) is 3.24. The minimum atomic E-state index is -3.72. The number of nitrogens with zero attached hydrogens (tertiary/aromatic N) is 4. The second-order valence-corrected chi connectivity index (χ2v) is 7.31. The summed E-state index contributed by atoms with van der Waals surface area (Å²) in [4.78, 5) is 4.29. The largest absolute Gasteiger partial charge is 0.334 e. The summed E-state index contributed by atoms with van der Waals surface area (Å²) in [5, 5.41) is 8.28. The van der Waals surface area contributed by atoms with Gasteiger partial charge in [0.25, 0.3) is 5.89 Å². The Morgan fingerprint density at radius 2 is 2.00 bits per heavy atom. The van der Waals surface area contributed by atoms with Gasteiger partial charge < -0.3 is 4.52 Å². The minimum absolute atomic E-state index is 0.0678. The Hall–Kier alpha value is -2.23. The molecule has 3 aromatic rings. The van der Waals surface area contributed by atoms with Crippen LogP contribution in [0.1, 0.15) is 18.8 Å². The number of benzene rings is 1. The SMILES string of the molecule is CC(NS(=O)(=O)c1cnn(C)c1)c1noc(-c2ccc(Cl)cc2)n1. The molecule has 8 nitrogen and oxygen atoms in total. The van der Waals surface area contributed by atoms with Crippen molar-refractivity contribution in [2.75, 3.05) is 0 Å². The van der Waals surface area contributed by atoms with Crippen molar-refractivity contribution in [2.45, 2.75) is 17.9 Å². The molecule has 3 rings (SSSR count). The lowest BCUT2D eigenvalue weighted by Crippen LogP contribution is -2.27. The lowest BCUT2D eigenvalue weighted by atomic mass is 10.2. The molecule has 1 aromatic carbocycles. The van der Waals surface area contributed by atoms with Gasteiger partial charge in [0.1, 0.15) is 4.90 Å². The Morgan fingerprint density at radius 1 is 1.29 bits per heavy atom. The highest BCUT2D eigenvalue weighted by Crippen LogP contribution is 2.22. The number of aryl methyl sites for hydroxylation is 1. The van der Waals surface area contributed by atoms with Crippen LogP contribution in [0.2, 0.25) is 5.02 Å². The minimum Gasteiger partial charge on any atom is -0.334 e. The van der Waals surface area contributed by atoms with E-state index in [1.165, 1.54) is 17.1 Å². The summed E-state index contributed by atoms with van der Waals surface area (Å²) >= 11 is 5.84. The average molecular weight is 368 g/mol. The van der Waals surface area contributed by atoms with Crippen LogP contribution in [0.3, 0.4) is 0 Å². The molecule has 0 saturated carbocycles. The fourth-order valence-corrected chi connectivity index (χ4v) is 3.32. The lowest BCUT2D eigenvalue weighted by molar-refractivity contribution is 0.415. The van der Waals surface area contributed by atoms with Crippen molar-refractivity contribution in [3.05, 3.63) is 47.5 Å². The van der Waals surface area contributed by atoms with Gasteiger partial charge in [-0.05, 0) is 31.2 Å². The fraction of sp³-hybridized carbons (Fsp3) is 0.214. The predicted octanol–water partition coefficient (Wildman–Crippen LogP) is 2.16. The summed E-state index contributed by atoms with van der Waals surface area (Å²) in [7, 11) is -2.08. The molecule has 0 spiro atoms. The van der Waals surface area contributed by atoms with E-state index >= 15 is 0 Å². The van der Waals surface area contributed by atoms with Gasteiger partial charge >= 0.3 is 0 Å². The molecular weight excluding hydrogens is 354 g/mol. The van der Waals surface area contributed by atoms with E-state index < -0.39 is 16.1 Å². The smallest absolute Gasteiger partial charge is 0.257 e. The molecule has 2 heterocycles. The van der Waals surface area contributed by atoms with Crippen LogP contribution < -0.4 is 4.72 Å². The summed E-state index contributed by atoms with van der Waals surface area (Å²) in [6, 6.07) is 6.22. The molecule has 1 atom stereocenters. The summed E-state index contributed by atoms with van der Waals surface area (Å²) in [6.07, 6.45) is 2.68. The summed E-state index contributed by atoms with van der Waals surface area (Å²) < 4.78 is 33.6. The molecule has 126 valence electrons. The Labute approximate surface area is 143 Å². The average Bonchev–Trinajstić information content (AvgIpc) is 3.17. The Morgan fingerprint density at radius 3 is 2.62 bits per heavy atom. The van der Waals surface area contributed by atoms with Crippen molar-refractivity contribution in [2.24, 2.45) is 7.05 Å². The lowest BCUT2D eigenvalue weighted by Gasteiger charge is -2.08. The van der Waals surface area contributed by atoms with Crippen molar-refractivity contribution < 1.29 is 12.9 Å². The molecular formula is C14H14ClN5O3S. The van der Waals surface area contributed by atoms with Crippen molar-refractivity contribution >= 4 is 21.6 Å². The van der Waals surface area contributed by atoms with Crippen LogP contribution in [0.4, 0.5) is 0 Å². The number of hydrogen-bond acceptors (Lipinski definition) is 6. The first-order chi connectivity index (χ1) is 11.3. The highest BCUT2D eigenvalue weighted by atomic mass is 35.5. The normalized spacial score (nSPS) is 13.1. The number of rotatable bonds is 5. The molecule has 1 unspecified atom stereocenters. The standard InChI is InChI=1S/C14H14ClN5O3S/c1-9(19-24(21,22)12-7-16-20(2)8-12)13-17-14(23-18-13)10-3-5-11(15)6-4-10/h3-9,19H,1-2H3. The second-order valence-electron chi connectivity index (χ2n) is 5.16. The van der Waals surface area contributed by atoms with E-state index in [2.05, 4.69) is 20.0 Å². The number of nitrogens with one attached hydrogen (secondary N) is 1. The van der Waals surface area contributed by atoms with Crippen LogP contribution in [0.15, 0.2) is 46.1 Å². The maximum Gasteiger partial charge on any atom is 0.257 e. The summed E-state index contributed by atoms with van der Waals surface area (Å²) in [5.41, 5.74) is 0.695. The molecule has 0 aliphatic rings. The van der Waals surface area contributed by atoms with Crippen molar-refractivity contribution in [1.82, 2.24) is 24.6 Å². The Bertz CT molecular complexity index is 949. The zero-order valence-corrected chi connectivity index (χ0v) is 14.4. The molecule has 0 aliphatic carbocycles. The summed E-state index contributed by atoms with van der Waals surface area (Å²) in [6.45, 7) is 1.63. The van der Waals surface area contributed by atoms with Gasteiger partial charge in [-0.1, -0.05) is 16.8 Å². The molecule has 0 amide bonds. The summed E-state index contributed by atoms with van der Waals surface area (Å²) in [5.74, 6) is 0.515. The zero-order chi connectivity index (χ0) is 17.3. The molecule has 0 bridgehead atoms. The van der Waals surface area contributed by atoms with E-state index in [9.17, 15) is 8.42 Å². The Balaban J connectivity index is 1.78. The third-order valence-corrected chi connectivity index (χ3v) is 4.99. The van der Waals surface area contributed by atoms with E-state index in [-0.39, 0.29) is 16.6 Å². The molecule has 2 aromatic heterocycles. The molecule has 24 heavy (non-hydrogen) atoms. The quantitative estimate of drug-likeness (QED) is 0.741. The number of aromatic nitrogens is 4. The fourth-order valence-electron chi connectivity index (χ4n) is 2.01. The first-order valence-electron chi connectivity index (χ1n) is 6.96. The molecule has 0 fully saturated rings. The van der Waals surface area contributed by atoms with Gasteiger partial charge in [-0.2, -0.15) is 10.1 Å². The van der Waals surface area contributed by atoms with Crippen molar-refractivity contribution in [3.63, 3.8) is 0 Å². The third kappa shape index (κ3) is 3.48. The van der Waals surface area contributed by atoms with Crippen LogP contribution in [-0.4, -0.2) is 28.3 Å². The van der Waals surface area contributed by atoms with Crippen LogP contribution in [0.5, 0.6) is 0 Å². The maximum atomic E-state index is 12.3. The van der Waals surface area contributed by atoms with Gasteiger partial charge in [0.05, 0.1) is 12.2 Å². The van der Waals surface area contributed by atoms with E-state index in [4.69, 9.17) is 16.1 Å². The van der Waals surface area contributed by atoms with Gasteiger partial charge in [0.2, 0.25) is 10.0 Å². The Kier molecular flexibility index (Phi) is 4.39. The van der Waals surface area contributed by atoms with E-state index in [1.54, 1.807) is 38.2 Å². The van der Waals surface area contributed by atoms with Gasteiger partial charge in [-0.3, -0.25) is 4.68 Å². The van der Waals surface area contributed by atoms with E-state index in [0.717, 1.165) is 0 Å². The molecule has 10 heteroatoms. The highest BCUT2D eigenvalue weighted by Gasteiger charge is 2.23. The monoisotopic (exact) mass is 367 g/mol. The van der Waals surface area contributed by atoms with Crippen LogP contribution in [0.25, 0.3) is 11.5 Å². The van der Waals surface area contributed by atoms with Gasteiger partial charge in [0.15, 0.2) is 5.82 Å². The topological polar surface area (TPSA) is 103 Å². The van der Waals surface area contributed by atoms with Crippen molar-refractivity contribution in [3.8, 4) is 11.5 Å². The van der Waals surface area contributed by atoms with Crippen LogP contribution >= 0.6 is 11.6 Å². The van der Waals surface area contributed by atoms with E-state index in [0.29, 0.717) is 10.6 Å². The van der Waals surface area contributed by atoms with Gasteiger partial charge in [-0.15, -0.1) is 0 Å².